The Labute approximate surface area is 216 Å². The number of methoxy groups -OCH3 is 1. The van der Waals surface area contributed by atoms with E-state index in [-0.39, 0.29) is 19.1 Å². The Kier molecular flexibility index (Phi) is 22.8. The molecule has 8 heteroatoms. The van der Waals surface area contributed by atoms with Crippen LogP contribution in [-0.2, 0) is 18.3 Å². The molecule has 0 aliphatic heterocycles. The van der Waals surface area contributed by atoms with E-state index < -0.39 is 7.82 Å². The van der Waals surface area contributed by atoms with Gasteiger partial charge in [-0.05, 0) is 12.2 Å². The smallest absolute Gasteiger partial charge is 0.384 e. The summed E-state index contributed by atoms with van der Waals surface area (Å²) in [5.74, 6) is 2.07. The van der Waals surface area contributed by atoms with E-state index in [0.29, 0.717) is 17.6 Å². The third-order valence-corrected chi connectivity index (χ3v) is 8.16. The summed E-state index contributed by atoms with van der Waals surface area (Å²) in [6.45, 7) is 3.81. The van der Waals surface area contributed by atoms with E-state index in [1.54, 1.807) is 7.11 Å². The number of rotatable bonds is 26. The number of phosphoric ester groups is 1. The Bertz CT molecular complexity index is 490. The first-order valence-corrected chi connectivity index (χ1v) is 16.3. The second-order valence-corrected chi connectivity index (χ2v) is 13.2. The van der Waals surface area contributed by atoms with Gasteiger partial charge in [0.1, 0.15) is 13.2 Å². The molecule has 0 saturated heterocycles. The number of unbranched alkanes of at least 4 members (excludes halogenated alkanes) is 13. The van der Waals surface area contributed by atoms with Crippen LogP contribution in [0.2, 0.25) is 0 Å². The highest BCUT2D eigenvalue weighted by molar-refractivity contribution is 7.99. The number of phosphoric acid groups is 1. The molecule has 206 valence electrons. The van der Waals surface area contributed by atoms with Crippen molar-refractivity contribution in [2.45, 2.75) is 96.8 Å². The second-order valence-electron chi connectivity index (χ2n) is 10.6. The van der Waals surface area contributed by atoms with Crippen molar-refractivity contribution in [2.75, 3.05) is 66.1 Å². The number of hydrogen-bond donors (Lipinski definition) is 1. The van der Waals surface area contributed by atoms with Crippen molar-refractivity contribution in [2.24, 2.45) is 5.92 Å². The minimum atomic E-state index is -4.01. The van der Waals surface area contributed by atoms with Crippen LogP contribution in [0.25, 0.3) is 0 Å². The lowest BCUT2D eigenvalue weighted by Crippen LogP contribution is -2.37. The zero-order valence-electron chi connectivity index (χ0n) is 23.1. The molecule has 0 saturated carbocycles. The minimum absolute atomic E-state index is 0.0871. The zero-order valence-corrected chi connectivity index (χ0v) is 24.8. The molecule has 0 heterocycles. The molecule has 2 unspecified atom stereocenters. The molecule has 0 aromatic heterocycles. The fraction of sp³-hybridized carbons (Fsp3) is 1.00. The van der Waals surface area contributed by atoms with Gasteiger partial charge in [-0.15, -0.1) is 0 Å². The minimum Gasteiger partial charge on any atom is -0.384 e. The molecular weight excluding hydrogens is 469 g/mol. The molecule has 34 heavy (non-hydrogen) atoms. The molecule has 0 rings (SSSR count). The largest absolute Gasteiger partial charge is 0.472 e. The van der Waals surface area contributed by atoms with Crippen LogP contribution in [0.3, 0.4) is 0 Å². The van der Waals surface area contributed by atoms with Crippen molar-refractivity contribution in [1.82, 2.24) is 0 Å². The average molecular weight is 527 g/mol. The van der Waals surface area contributed by atoms with Crippen LogP contribution in [0.5, 0.6) is 0 Å². The monoisotopic (exact) mass is 526 g/mol. The summed E-state index contributed by atoms with van der Waals surface area (Å²) in [6.07, 6.45) is 19.3. The standard InChI is InChI=1S/C26H56NO5PS/c1-6-7-8-9-10-11-12-13-14-15-16-17-18-19-22-34-25-26(23-30-5)24-32-33(28,29)31-21-20-27(2,3)4/h26H,6-25H2,1-5H3/p+1. The van der Waals surface area contributed by atoms with E-state index >= 15 is 0 Å². The molecule has 0 spiro atoms. The maximum atomic E-state index is 12.1. The fourth-order valence-corrected chi connectivity index (χ4v) is 5.58. The van der Waals surface area contributed by atoms with Crippen LogP contribution < -0.4 is 0 Å². The summed E-state index contributed by atoms with van der Waals surface area (Å²) < 4.78 is 28.3. The third-order valence-electron chi connectivity index (χ3n) is 5.89. The van der Waals surface area contributed by atoms with Gasteiger partial charge < -0.3 is 14.1 Å². The van der Waals surface area contributed by atoms with E-state index in [2.05, 4.69) is 6.92 Å². The number of quaternary nitrogens is 1. The number of hydrogen-bond acceptors (Lipinski definition) is 5. The number of thioether (sulfide) groups is 1. The predicted octanol–water partition coefficient (Wildman–Crippen LogP) is 7.30. The molecule has 0 radical (unpaired) electrons. The first-order valence-electron chi connectivity index (χ1n) is 13.7. The lowest BCUT2D eigenvalue weighted by Gasteiger charge is -2.24. The predicted molar refractivity (Wildman–Crippen MR) is 148 cm³/mol. The number of nitrogens with zero attached hydrogens (tertiary/aromatic N) is 1. The Hall–Kier alpha value is 0.380. The summed E-state index contributed by atoms with van der Waals surface area (Å²) in [5, 5.41) is 0. The SMILES string of the molecule is CCCCCCCCCCCCCCCCSCC(COC)COP(=O)(O)OCC[N+](C)(C)C. The Morgan fingerprint density at radius 1 is 0.794 bits per heavy atom. The normalized spacial score (nSPS) is 14.9. The summed E-state index contributed by atoms with van der Waals surface area (Å²) in [5.41, 5.74) is 0. The van der Waals surface area contributed by atoms with Crippen molar-refractivity contribution in [3.05, 3.63) is 0 Å². The van der Waals surface area contributed by atoms with Gasteiger partial charge >= 0.3 is 7.82 Å². The zero-order chi connectivity index (χ0) is 25.5. The molecule has 0 aromatic rings. The van der Waals surface area contributed by atoms with Crippen LogP contribution in [0.15, 0.2) is 0 Å². The number of ether oxygens (including phenoxy) is 1. The van der Waals surface area contributed by atoms with Crippen LogP contribution in [0.4, 0.5) is 0 Å². The van der Waals surface area contributed by atoms with Gasteiger partial charge in [0.25, 0.3) is 0 Å². The van der Waals surface area contributed by atoms with Gasteiger partial charge in [-0.1, -0.05) is 90.4 Å². The third kappa shape index (κ3) is 25.5. The molecule has 0 bridgehead atoms. The van der Waals surface area contributed by atoms with Crippen molar-refractivity contribution < 1.29 is 27.7 Å². The molecular formula is C26H57NO5PS+. The van der Waals surface area contributed by atoms with Crippen LogP contribution in [0, 0.1) is 5.92 Å². The maximum absolute atomic E-state index is 12.1. The molecule has 0 aliphatic rings. The quantitative estimate of drug-likeness (QED) is 0.0724. The van der Waals surface area contributed by atoms with Crippen LogP contribution >= 0.6 is 19.6 Å². The van der Waals surface area contributed by atoms with Crippen LogP contribution in [-0.4, -0.2) is 75.5 Å². The van der Waals surface area contributed by atoms with Gasteiger partial charge in [-0.3, -0.25) is 9.05 Å². The summed E-state index contributed by atoms with van der Waals surface area (Å²) in [4.78, 5) is 9.90. The van der Waals surface area contributed by atoms with Gasteiger partial charge in [0.2, 0.25) is 0 Å². The van der Waals surface area contributed by atoms with Crippen molar-refractivity contribution in [1.29, 1.82) is 0 Å². The van der Waals surface area contributed by atoms with Crippen LogP contribution in [0.1, 0.15) is 96.8 Å². The first kappa shape index (κ1) is 34.4. The lowest BCUT2D eigenvalue weighted by atomic mass is 10.0. The van der Waals surface area contributed by atoms with Crippen molar-refractivity contribution >= 4 is 19.6 Å². The lowest BCUT2D eigenvalue weighted by molar-refractivity contribution is -0.870. The highest BCUT2D eigenvalue weighted by Crippen LogP contribution is 2.43. The van der Waals surface area contributed by atoms with Gasteiger partial charge in [-0.25, -0.2) is 4.57 Å². The van der Waals surface area contributed by atoms with E-state index in [9.17, 15) is 9.46 Å². The molecule has 0 amide bonds. The van der Waals surface area contributed by atoms with E-state index in [1.807, 2.05) is 32.9 Å². The molecule has 6 nitrogen and oxygen atoms in total. The van der Waals surface area contributed by atoms with Gasteiger partial charge in [0.15, 0.2) is 0 Å². The van der Waals surface area contributed by atoms with Crippen molar-refractivity contribution in [3.8, 4) is 0 Å². The Morgan fingerprint density at radius 3 is 1.76 bits per heavy atom. The molecule has 0 fully saturated rings. The highest BCUT2D eigenvalue weighted by Gasteiger charge is 2.24. The van der Waals surface area contributed by atoms with Gasteiger partial charge in [-0.2, -0.15) is 11.8 Å². The topological polar surface area (TPSA) is 65.0 Å². The van der Waals surface area contributed by atoms with Crippen molar-refractivity contribution in [3.63, 3.8) is 0 Å². The molecule has 0 aromatic carbocycles. The summed E-state index contributed by atoms with van der Waals surface area (Å²) in [7, 11) is 3.68. The maximum Gasteiger partial charge on any atom is 0.472 e. The molecule has 2 atom stereocenters. The molecule has 0 aliphatic carbocycles. The highest BCUT2D eigenvalue weighted by atomic mass is 32.2. The van der Waals surface area contributed by atoms with Gasteiger partial charge in [0, 0.05) is 18.8 Å². The fourth-order valence-electron chi connectivity index (χ4n) is 3.70. The first-order chi connectivity index (χ1) is 16.2. The van der Waals surface area contributed by atoms with E-state index in [4.69, 9.17) is 13.8 Å². The van der Waals surface area contributed by atoms with E-state index in [1.165, 1.54) is 89.9 Å². The Morgan fingerprint density at radius 2 is 1.29 bits per heavy atom. The summed E-state index contributed by atoms with van der Waals surface area (Å²) >= 11 is 1.88. The average Bonchev–Trinajstić information content (AvgIpc) is 2.76. The Balaban J connectivity index is 3.65. The second kappa shape index (κ2) is 22.6. The number of likely N-dealkylation sites (N-methyl/N-ethyl adjacent to an activating group) is 1. The van der Waals surface area contributed by atoms with Gasteiger partial charge in [0.05, 0.1) is 34.4 Å². The van der Waals surface area contributed by atoms with E-state index in [0.717, 1.165) is 11.5 Å². The summed E-state index contributed by atoms with van der Waals surface area (Å²) in [6, 6.07) is 0. The molecule has 1 N–H and O–H groups in total.